The van der Waals surface area contributed by atoms with Gasteiger partial charge in [-0.15, -0.1) is 5.06 Å². The second-order valence-electron chi connectivity index (χ2n) is 15.8. The zero-order valence-electron chi connectivity index (χ0n) is 34.6. The van der Waals surface area contributed by atoms with Gasteiger partial charge in [0.05, 0.1) is 19.1 Å². The van der Waals surface area contributed by atoms with E-state index in [0.29, 0.717) is 31.3 Å². The lowest BCUT2D eigenvalue weighted by molar-refractivity contribution is -0.198. The van der Waals surface area contributed by atoms with E-state index in [4.69, 9.17) is 14.3 Å². The largest absolute Gasteiger partial charge is 0.379 e. The van der Waals surface area contributed by atoms with Gasteiger partial charge in [0.1, 0.15) is 0 Å². The van der Waals surface area contributed by atoms with Crippen molar-refractivity contribution in [3.05, 3.63) is 0 Å². The average Bonchev–Trinajstić information content (AvgIpc) is 3.46. The van der Waals surface area contributed by atoms with Crippen LogP contribution in [0.3, 0.4) is 0 Å². The van der Waals surface area contributed by atoms with Crippen molar-refractivity contribution >= 4 is 17.8 Å². The van der Waals surface area contributed by atoms with Crippen LogP contribution >= 0.6 is 0 Å². The molecule has 1 rings (SSSR count). The van der Waals surface area contributed by atoms with Crippen molar-refractivity contribution in [1.82, 2.24) is 5.06 Å². The summed E-state index contributed by atoms with van der Waals surface area (Å²) in [6.07, 6.45) is 43.5. The van der Waals surface area contributed by atoms with E-state index < -0.39 is 17.8 Å². The molecule has 0 aromatic rings. The summed E-state index contributed by atoms with van der Waals surface area (Å²) in [4.78, 5) is 41.1. The lowest BCUT2D eigenvalue weighted by atomic mass is 10.0. The lowest BCUT2D eigenvalue weighted by Crippen LogP contribution is -2.32. The predicted octanol–water partition coefficient (Wildman–Crippen LogP) is 13.3. The molecule has 2 amide bonds. The zero-order chi connectivity index (χ0) is 37.6. The molecule has 1 aliphatic rings. The van der Waals surface area contributed by atoms with Crippen LogP contribution in [0.15, 0.2) is 0 Å². The fraction of sp³-hybridized carbons (Fsp3) is 0.933. The highest BCUT2D eigenvalue weighted by Crippen LogP contribution is 2.17. The van der Waals surface area contributed by atoms with Crippen LogP contribution in [-0.4, -0.2) is 48.8 Å². The molecular weight excluding hydrogens is 650 g/mol. The van der Waals surface area contributed by atoms with Crippen molar-refractivity contribution in [3.63, 3.8) is 0 Å². The van der Waals surface area contributed by atoms with Crippen molar-refractivity contribution in [2.24, 2.45) is 0 Å². The molecule has 7 nitrogen and oxygen atoms in total. The van der Waals surface area contributed by atoms with E-state index >= 15 is 0 Å². The van der Waals surface area contributed by atoms with E-state index in [0.717, 1.165) is 19.3 Å². The maximum Gasteiger partial charge on any atom is 0.333 e. The third kappa shape index (κ3) is 30.9. The first-order valence-electron chi connectivity index (χ1n) is 22.8. The summed E-state index contributed by atoms with van der Waals surface area (Å²) < 4.78 is 12.2. The Morgan fingerprint density at radius 1 is 0.500 bits per heavy atom. The van der Waals surface area contributed by atoms with Crippen molar-refractivity contribution < 1.29 is 28.7 Å². The van der Waals surface area contributed by atoms with Crippen molar-refractivity contribution in [2.45, 2.75) is 251 Å². The van der Waals surface area contributed by atoms with Gasteiger partial charge in [0.25, 0.3) is 11.8 Å². The van der Waals surface area contributed by atoms with Crippen LogP contribution in [-0.2, 0) is 28.7 Å². The van der Waals surface area contributed by atoms with Gasteiger partial charge in [-0.2, -0.15) is 0 Å². The normalized spacial score (nSPS) is 13.8. The third-order valence-corrected chi connectivity index (χ3v) is 10.7. The quantitative estimate of drug-likeness (QED) is 0.0459. The highest BCUT2D eigenvalue weighted by Gasteiger charge is 2.32. The van der Waals surface area contributed by atoms with Crippen LogP contribution in [0.25, 0.3) is 0 Å². The Morgan fingerprint density at radius 3 is 1.19 bits per heavy atom. The molecule has 52 heavy (non-hydrogen) atoms. The Hall–Kier alpha value is -1.47. The van der Waals surface area contributed by atoms with Crippen LogP contribution in [0.5, 0.6) is 0 Å². The summed E-state index contributed by atoms with van der Waals surface area (Å²) in [5.41, 5.74) is 0. The molecule has 0 aromatic heterocycles. The van der Waals surface area contributed by atoms with E-state index in [-0.39, 0.29) is 25.4 Å². The Balaban J connectivity index is 2.10. The number of nitrogens with zero attached hydrogens (tertiary/aromatic N) is 1. The molecular formula is C45H85NO6. The van der Waals surface area contributed by atoms with Gasteiger partial charge < -0.3 is 14.3 Å². The number of carbonyl (C=O) groups excluding carboxylic acids is 3. The Morgan fingerprint density at radius 2 is 0.827 bits per heavy atom. The predicted molar refractivity (Wildman–Crippen MR) is 216 cm³/mol. The summed E-state index contributed by atoms with van der Waals surface area (Å²) in [7, 11) is 0. The number of hydrogen-bond donors (Lipinski definition) is 0. The van der Waals surface area contributed by atoms with Crippen LogP contribution in [0, 0.1) is 0 Å². The van der Waals surface area contributed by atoms with Gasteiger partial charge in [-0.3, -0.25) is 9.59 Å². The first kappa shape index (κ1) is 48.5. The molecule has 0 saturated carbocycles. The molecule has 0 unspecified atom stereocenters. The second-order valence-corrected chi connectivity index (χ2v) is 15.8. The number of hydrogen-bond acceptors (Lipinski definition) is 6. The minimum absolute atomic E-state index is 0.0864. The molecule has 0 radical (unpaired) electrons. The summed E-state index contributed by atoms with van der Waals surface area (Å²) in [5, 5.41) is 0.627. The standard InChI is InChI=1S/C45H85NO6/c1-3-5-7-9-11-13-15-17-19-21-23-25-27-29-31-33-39-50-41-42(35-38-45(49)52-46-43(47)36-37-44(46)48)51-40-34-32-30-28-26-24-22-20-18-16-14-12-10-8-6-4-2/h42H,3-41H2,1-2H3/t42-/m0/s1. The van der Waals surface area contributed by atoms with Gasteiger partial charge in [0.2, 0.25) is 0 Å². The molecule has 1 fully saturated rings. The molecule has 0 bridgehead atoms. The van der Waals surface area contributed by atoms with Gasteiger partial charge in [0.15, 0.2) is 0 Å². The fourth-order valence-electron chi connectivity index (χ4n) is 7.17. The van der Waals surface area contributed by atoms with E-state index in [1.807, 2.05) is 0 Å². The molecule has 306 valence electrons. The minimum Gasteiger partial charge on any atom is -0.379 e. The third-order valence-electron chi connectivity index (χ3n) is 10.7. The maximum atomic E-state index is 12.4. The molecule has 1 atom stereocenters. The van der Waals surface area contributed by atoms with E-state index in [1.165, 1.54) is 186 Å². The lowest BCUT2D eigenvalue weighted by Gasteiger charge is -2.19. The summed E-state index contributed by atoms with van der Waals surface area (Å²) in [5.74, 6) is -1.47. The van der Waals surface area contributed by atoms with Gasteiger partial charge in [-0.1, -0.05) is 206 Å². The topological polar surface area (TPSA) is 82.1 Å². The SMILES string of the molecule is CCCCCCCCCCCCCCCCCCOC[C@H](CCC(=O)ON1C(=O)CCC1=O)OCCCCCCCCCCCCCCCCCC. The van der Waals surface area contributed by atoms with Gasteiger partial charge in [-0.25, -0.2) is 4.79 Å². The number of imide groups is 1. The number of rotatable bonds is 41. The fourth-order valence-corrected chi connectivity index (χ4v) is 7.17. The zero-order valence-corrected chi connectivity index (χ0v) is 34.6. The average molecular weight is 736 g/mol. The molecule has 0 aliphatic carbocycles. The molecule has 0 spiro atoms. The van der Waals surface area contributed by atoms with E-state index in [1.54, 1.807) is 0 Å². The van der Waals surface area contributed by atoms with Crippen LogP contribution in [0.1, 0.15) is 245 Å². The first-order valence-corrected chi connectivity index (χ1v) is 22.8. The van der Waals surface area contributed by atoms with Gasteiger partial charge >= 0.3 is 5.97 Å². The Kier molecular flexibility index (Phi) is 35.3. The first-order chi connectivity index (χ1) is 25.6. The Labute approximate surface area is 321 Å². The monoisotopic (exact) mass is 736 g/mol. The summed E-state index contributed by atoms with van der Waals surface area (Å²) >= 11 is 0. The van der Waals surface area contributed by atoms with Gasteiger partial charge in [0, 0.05) is 26.1 Å². The van der Waals surface area contributed by atoms with Crippen LogP contribution in [0.4, 0.5) is 0 Å². The van der Waals surface area contributed by atoms with Crippen molar-refractivity contribution in [2.75, 3.05) is 19.8 Å². The van der Waals surface area contributed by atoms with Crippen LogP contribution in [0.2, 0.25) is 0 Å². The van der Waals surface area contributed by atoms with Gasteiger partial charge in [-0.05, 0) is 19.3 Å². The van der Waals surface area contributed by atoms with Crippen LogP contribution < -0.4 is 0 Å². The molecule has 0 N–H and O–H groups in total. The highest BCUT2D eigenvalue weighted by molar-refractivity contribution is 6.01. The molecule has 1 heterocycles. The summed E-state index contributed by atoms with van der Waals surface area (Å²) in [6, 6.07) is 0. The molecule has 0 aromatic carbocycles. The number of unbranched alkanes of at least 4 members (excludes halogenated alkanes) is 30. The maximum absolute atomic E-state index is 12.4. The summed E-state index contributed by atoms with van der Waals surface area (Å²) in [6.45, 7) is 6.38. The minimum atomic E-state index is -0.572. The number of carbonyl (C=O) groups is 3. The number of ether oxygens (including phenoxy) is 2. The molecule has 7 heteroatoms. The van der Waals surface area contributed by atoms with E-state index in [9.17, 15) is 14.4 Å². The number of hydroxylamine groups is 2. The second kappa shape index (κ2) is 37.8. The Bertz CT molecular complexity index is 804. The molecule has 1 saturated heterocycles. The molecule has 1 aliphatic heterocycles. The highest BCUT2D eigenvalue weighted by atomic mass is 16.7. The van der Waals surface area contributed by atoms with Crippen molar-refractivity contribution in [1.29, 1.82) is 0 Å². The van der Waals surface area contributed by atoms with Crippen molar-refractivity contribution in [3.8, 4) is 0 Å². The number of amides is 2. The smallest absolute Gasteiger partial charge is 0.333 e. The van der Waals surface area contributed by atoms with E-state index in [2.05, 4.69) is 13.8 Å².